The van der Waals surface area contributed by atoms with Crippen molar-refractivity contribution in [2.24, 2.45) is 52.8 Å². The van der Waals surface area contributed by atoms with Gasteiger partial charge < -0.3 is 10.6 Å². The predicted octanol–water partition coefficient (Wildman–Crippen LogP) is 7.76. The normalized spacial score (nSPS) is 38.6. The van der Waals surface area contributed by atoms with Gasteiger partial charge in [0, 0.05) is 19.0 Å². The fourth-order valence-electron chi connectivity index (χ4n) is 9.70. The summed E-state index contributed by atoms with van der Waals surface area (Å²) in [5, 5.41) is 6.85. The zero-order valence-electron chi connectivity index (χ0n) is 24.6. The fourth-order valence-corrected chi connectivity index (χ4v) is 9.70. The molecule has 206 valence electrons. The van der Waals surface area contributed by atoms with Gasteiger partial charge in [0.25, 0.3) is 0 Å². The number of fused-ring (bicyclic) bond motifs is 5. The lowest BCUT2D eigenvalue weighted by Crippen LogP contribution is -2.49. The van der Waals surface area contributed by atoms with Crippen LogP contribution in [0.4, 0.5) is 0 Å². The molecule has 9 atom stereocenters. The summed E-state index contributed by atoms with van der Waals surface area (Å²) in [6.45, 7) is 16.4. The quantitative estimate of drug-likeness (QED) is 0.226. The SMILES string of the molecule is CCC(=O)NCCCN[C@@H]1CC2=CCC3C(CCC4(C)C([C@@H](C)CCCC(C)C)CC[C@@H]34)C2C(C)C1. The maximum absolute atomic E-state index is 11.5. The van der Waals surface area contributed by atoms with Gasteiger partial charge in [0.1, 0.15) is 0 Å². The van der Waals surface area contributed by atoms with Crippen LogP contribution < -0.4 is 10.6 Å². The molecule has 0 heterocycles. The van der Waals surface area contributed by atoms with Crippen LogP contribution in [0.25, 0.3) is 0 Å². The monoisotopic (exact) mass is 498 g/mol. The molecule has 3 saturated carbocycles. The molecular formula is C33H58N2O. The van der Waals surface area contributed by atoms with E-state index in [-0.39, 0.29) is 5.91 Å². The molecule has 0 saturated heterocycles. The molecule has 4 rings (SSSR count). The summed E-state index contributed by atoms with van der Waals surface area (Å²) >= 11 is 0. The highest BCUT2D eigenvalue weighted by molar-refractivity contribution is 5.75. The molecule has 4 aliphatic rings. The van der Waals surface area contributed by atoms with Gasteiger partial charge in [0.05, 0.1) is 0 Å². The summed E-state index contributed by atoms with van der Waals surface area (Å²) in [5.74, 6) is 7.38. The molecule has 0 aliphatic heterocycles. The first-order valence-corrected chi connectivity index (χ1v) is 15.9. The van der Waals surface area contributed by atoms with Gasteiger partial charge in [-0.25, -0.2) is 0 Å². The average Bonchev–Trinajstić information content (AvgIpc) is 3.20. The summed E-state index contributed by atoms with van der Waals surface area (Å²) < 4.78 is 0. The van der Waals surface area contributed by atoms with Gasteiger partial charge in [0.2, 0.25) is 5.91 Å². The summed E-state index contributed by atoms with van der Waals surface area (Å²) in [4.78, 5) is 11.5. The highest BCUT2D eigenvalue weighted by Gasteiger charge is 2.57. The fraction of sp³-hybridized carbons (Fsp3) is 0.909. The molecule has 0 radical (unpaired) electrons. The van der Waals surface area contributed by atoms with Crippen LogP contribution in [-0.2, 0) is 4.79 Å². The van der Waals surface area contributed by atoms with Crippen molar-refractivity contribution < 1.29 is 4.79 Å². The van der Waals surface area contributed by atoms with Crippen LogP contribution in [0.2, 0.25) is 0 Å². The third kappa shape index (κ3) is 6.08. The van der Waals surface area contributed by atoms with E-state index in [0.717, 1.165) is 66.9 Å². The molecule has 0 aromatic rings. The van der Waals surface area contributed by atoms with Crippen LogP contribution in [0, 0.1) is 52.8 Å². The van der Waals surface area contributed by atoms with E-state index in [1.807, 2.05) is 6.92 Å². The van der Waals surface area contributed by atoms with E-state index >= 15 is 0 Å². The van der Waals surface area contributed by atoms with E-state index in [0.29, 0.717) is 17.9 Å². The third-order valence-electron chi connectivity index (χ3n) is 11.4. The van der Waals surface area contributed by atoms with Crippen molar-refractivity contribution in [2.75, 3.05) is 13.1 Å². The van der Waals surface area contributed by atoms with Crippen LogP contribution in [0.5, 0.6) is 0 Å². The minimum absolute atomic E-state index is 0.170. The topological polar surface area (TPSA) is 41.1 Å². The first-order chi connectivity index (χ1) is 17.2. The molecule has 0 aromatic carbocycles. The van der Waals surface area contributed by atoms with Gasteiger partial charge in [0.15, 0.2) is 0 Å². The van der Waals surface area contributed by atoms with Crippen molar-refractivity contribution in [2.45, 2.75) is 125 Å². The maximum Gasteiger partial charge on any atom is 0.219 e. The Morgan fingerprint density at radius 1 is 1.08 bits per heavy atom. The maximum atomic E-state index is 11.5. The molecule has 2 N–H and O–H groups in total. The number of rotatable bonds is 11. The molecule has 3 heteroatoms. The highest BCUT2D eigenvalue weighted by Crippen LogP contribution is 2.65. The Balaban J connectivity index is 1.33. The van der Waals surface area contributed by atoms with E-state index in [1.54, 1.807) is 5.57 Å². The molecule has 4 aliphatic carbocycles. The average molecular weight is 499 g/mol. The van der Waals surface area contributed by atoms with E-state index in [2.05, 4.69) is 51.3 Å². The number of hydrogen-bond donors (Lipinski definition) is 2. The minimum atomic E-state index is 0.170. The zero-order valence-corrected chi connectivity index (χ0v) is 24.6. The molecule has 1 amide bonds. The standard InChI is InChI=1S/C33H58N2O/c1-7-31(36)35-19-9-18-34-26-20-24(5)32-25(21-26)12-13-27-28(32)16-17-33(6)29(14-15-30(27)33)23(4)11-8-10-22(2)3/h12,22-24,26-30,32,34H,7-11,13-21H2,1-6H3,(H,35,36)/t23-,24?,26-,27?,28?,29?,30-,32?,33?/m0/s1. The molecule has 36 heavy (non-hydrogen) atoms. The predicted molar refractivity (Wildman–Crippen MR) is 153 cm³/mol. The number of carbonyl (C=O) groups is 1. The van der Waals surface area contributed by atoms with Crippen molar-refractivity contribution in [1.29, 1.82) is 0 Å². The Bertz CT molecular complexity index is 759. The van der Waals surface area contributed by atoms with Crippen molar-refractivity contribution in [3.05, 3.63) is 11.6 Å². The second kappa shape index (κ2) is 12.4. The lowest BCUT2D eigenvalue weighted by atomic mass is 9.49. The second-order valence-electron chi connectivity index (χ2n) is 14.1. The summed E-state index contributed by atoms with van der Waals surface area (Å²) in [7, 11) is 0. The third-order valence-corrected chi connectivity index (χ3v) is 11.4. The van der Waals surface area contributed by atoms with Gasteiger partial charge in [-0.1, -0.05) is 72.5 Å². The van der Waals surface area contributed by atoms with E-state index in [9.17, 15) is 4.79 Å². The number of allylic oxidation sites excluding steroid dienone is 1. The smallest absolute Gasteiger partial charge is 0.219 e. The molecule has 6 unspecified atom stereocenters. The molecule has 0 spiro atoms. The molecular weight excluding hydrogens is 440 g/mol. The second-order valence-corrected chi connectivity index (χ2v) is 14.1. The van der Waals surface area contributed by atoms with Crippen LogP contribution in [-0.4, -0.2) is 25.0 Å². The van der Waals surface area contributed by atoms with Crippen LogP contribution in [0.1, 0.15) is 119 Å². The van der Waals surface area contributed by atoms with Crippen molar-refractivity contribution in [1.82, 2.24) is 10.6 Å². The van der Waals surface area contributed by atoms with Crippen LogP contribution in [0.3, 0.4) is 0 Å². The van der Waals surface area contributed by atoms with Crippen molar-refractivity contribution in [3.8, 4) is 0 Å². The first kappa shape index (κ1) is 28.2. The van der Waals surface area contributed by atoms with Gasteiger partial charge >= 0.3 is 0 Å². The molecule has 3 fully saturated rings. The van der Waals surface area contributed by atoms with Gasteiger partial charge in [-0.05, 0) is 111 Å². The lowest BCUT2D eigenvalue weighted by molar-refractivity contribution is -0.120. The van der Waals surface area contributed by atoms with Crippen molar-refractivity contribution >= 4 is 5.91 Å². The lowest BCUT2D eigenvalue weighted by Gasteiger charge is -2.56. The van der Waals surface area contributed by atoms with E-state index in [1.165, 1.54) is 64.2 Å². The van der Waals surface area contributed by atoms with Crippen LogP contribution >= 0.6 is 0 Å². The van der Waals surface area contributed by atoms with E-state index < -0.39 is 0 Å². The Kier molecular flexibility index (Phi) is 9.67. The van der Waals surface area contributed by atoms with Gasteiger partial charge in [-0.3, -0.25) is 4.79 Å². The summed E-state index contributed by atoms with van der Waals surface area (Å²) in [6, 6.07) is 0.623. The summed E-state index contributed by atoms with van der Waals surface area (Å²) in [5.41, 5.74) is 2.39. The zero-order chi connectivity index (χ0) is 25.9. The Hall–Kier alpha value is -0.830. The number of hydrogen-bond acceptors (Lipinski definition) is 2. The Morgan fingerprint density at radius 2 is 1.89 bits per heavy atom. The van der Waals surface area contributed by atoms with E-state index in [4.69, 9.17) is 0 Å². The van der Waals surface area contributed by atoms with Crippen molar-refractivity contribution in [3.63, 3.8) is 0 Å². The summed E-state index contributed by atoms with van der Waals surface area (Å²) in [6.07, 6.45) is 18.5. The van der Waals surface area contributed by atoms with Crippen LogP contribution in [0.15, 0.2) is 11.6 Å². The largest absolute Gasteiger partial charge is 0.356 e. The molecule has 0 bridgehead atoms. The molecule has 0 aromatic heterocycles. The van der Waals surface area contributed by atoms with Gasteiger partial charge in [-0.15, -0.1) is 0 Å². The minimum Gasteiger partial charge on any atom is -0.356 e. The number of nitrogens with one attached hydrogen (secondary N) is 2. The number of carbonyl (C=O) groups excluding carboxylic acids is 1. The highest BCUT2D eigenvalue weighted by atomic mass is 16.1. The van der Waals surface area contributed by atoms with Gasteiger partial charge in [-0.2, -0.15) is 0 Å². The first-order valence-electron chi connectivity index (χ1n) is 15.9. The molecule has 3 nitrogen and oxygen atoms in total. The number of amides is 1. The Morgan fingerprint density at radius 3 is 2.64 bits per heavy atom. The Labute approximate surface area is 223 Å².